The number of nitrogens with zero attached hydrogens (tertiary/aromatic N) is 1. The van der Waals surface area contributed by atoms with Crippen LogP contribution in [0, 0.1) is 5.82 Å². The first-order valence-corrected chi connectivity index (χ1v) is 6.85. The summed E-state index contributed by atoms with van der Waals surface area (Å²) in [5.74, 6) is -1.03. The summed E-state index contributed by atoms with van der Waals surface area (Å²) in [6.07, 6.45) is 1.13. The number of carbonyl (C=O) groups is 1. The molecular weight excluding hydrogens is 338 g/mol. The van der Waals surface area contributed by atoms with Crippen molar-refractivity contribution in [2.75, 3.05) is 0 Å². The predicted molar refractivity (Wildman–Crippen MR) is 82.9 cm³/mol. The predicted octanol–water partition coefficient (Wildman–Crippen LogP) is 4.55. The molecule has 1 amide bonds. The van der Waals surface area contributed by atoms with E-state index in [0.717, 1.165) is 6.21 Å². The standard InChI is InChI=1S/C14H8Cl3FN2O/c15-10-2-1-3-13(18)9(10)7-19-20-14(21)8-4-5-11(16)12(17)6-8/h1-7H,(H,20,21). The molecule has 0 radical (unpaired) electrons. The third-order valence-corrected chi connectivity index (χ3v) is 3.61. The number of hydrogen-bond acceptors (Lipinski definition) is 2. The molecule has 0 aromatic heterocycles. The second-order valence-corrected chi connectivity index (χ2v) is 5.18. The molecule has 1 N–H and O–H groups in total. The molecule has 0 bridgehead atoms. The SMILES string of the molecule is O=C(NN=Cc1c(F)cccc1Cl)c1ccc(Cl)c(Cl)c1. The molecule has 0 saturated carbocycles. The van der Waals surface area contributed by atoms with Gasteiger partial charge in [0.15, 0.2) is 0 Å². The minimum atomic E-state index is -0.532. The molecule has 0 atom stereocenters. The van der Waals surface area contributed by atoms with Crippen molar-refractivity contribution >= 4 is 46.9 Å². The van der Waals surface area contributed by atoms with Gasteiger partial charge in [-0.1, -0.05) is 40.9 Å². The van der Waals surface area contributed by atoms with Gasteiger partial charge in [-0.3, -0.25) is 4.79 Å². The molecule has 0 aliphatic carbocycles. The summed E-state index contributed by atoms with van der Waals surface area (Å²) in [5.41, 5.74) is 2.62. The molecule has 2 aromatic carbocycles. The number of nitrogens with one attached hydrogen (secondary N) is 1. The quantitative estimate of drug-likeness (QED) is 0.643. The molecule has 0 fully saturated rings. The normalized spacial score (nSPS) is 10.9. The van der Waals surface area contributed by atoms with Crippen molar-refractivity contribution in [3.05, 3.63) is 68.4 Å². The van der Waals surface area contributed by atoms with E-state index in [1.807, 2.05) is 0 Å². The highest BCUT2D eigenvalue weighted by molar-refractivity contribution is 6.42. The van der Waals surface area contributed by atoms with Gasteiger partial charge in [0.25, 0.3) is 5.91 Å². The van der Waals surface area contributed by atoms with Crippen molar-refractivity contribution in [2.45, 2.75) is 0 Å². The summed E-state index contributed by atoms with van der Waals surface area (Å²) in [6.45, 7) is 0. The molecule has 0 saturated heterocycles. The van der Waals surface area contributed by atoms with Gasteiger partial charge in [0.1, 0.15) is 5.82 Å². The highest BCUT2D eigenvalue weighted by Crippen LogP contribution is 2.22. The van der Waals surface area contributed by atoms with E-state index in [0.29, 0.717) is 5.02 Å². The summed E-state index contributed by atoms with van der Waals surface area (Å²) in [4.78, 5) is 11.8. The first-order chi connectivity index (χ1) is 9.99. The topological polar surface area (TPSA) is 41.5 Å². The molecular formula is C14H8Cl3FN2O. The lowest BCUT2D eigenvalue weighted by atomic mass is 10.2. The Labute approximate surface area is 135 Å². The van der Waals surface area contributed by atoms with Crippen molar-refractivity contribution in [3.63, 3.8) is 0 Å². The highest BCUT2D eigenvalue weighted by Gasteiger charge is 2.08. The molecule has 7 heteroatoms. The maximum atomic E-state index is 13.5. The van der Waals surface area contributed by atoms with E-state index < -0.39 is 11.7 Å². The lowest BCUT2D eigenvalue weighted by Crippen LogP contribution is -2.17. The number of halogens is 4. The molecule has 0 aliphatic heterocycles. The van der Waals surface area contributed by atoms with Crippen LogP contribution in [0.15, 0.2) is 41.5 Å². The Hall–Kier alpha value is -1.62. The summed E-state index contributed by atoms with van der Waals surface area (Å²) >= 11 is 17.4. The van der Waals surface area contributed by atoms with Gasteiger partial charge in [0.2, 0.25) is 0 Å². The van der Waals surface area contributed by atoms with Crippen LogP contribution in [0.25, 0.3) is 0 Å². The Morgan fingerprint density at radius 3 is 2.52 bits per heavy atom. The molecule has 2 aromatic rings. The fourth-order valence-electron chi connectivity index (χ4n) is 1.49. The maximum Gasteiger partial charge on any atom is 0.271 e. The number of hydrazone groups is 1. The van der Waals surface area contributed by atoms with Crippen molar-refractivity contribution in [3.8, 4) is 0 Å². The Balaban J connectivity index is 2.10. The molecule has 2 rings (SSSR count). The van der Waals surface area contributed by atoms with Crippen molar-refractivity contribution in [1.82, 2.24) is 5.43 Å². The molecule has 0 aliphatic rings. The van der Waals surface area contributed by atoms with E-state index in [2.05, 4.69) is 10.5 Å². The van der Waals surface area contributed by atoms with Gasteiger partial charge in [0, 0.05) is 11.1 Å². The fourth-order valence-corrected chi connectivity index (χ4v) is 2.00. The van der Waals surface area contributed by atoms with E-state index in [4.69, 9.17) is 34.8 Å². The summed E-state index contributed by atoms with van der Waals surface area (Å²) in [6, 6.07) is 8.64. The van der Waals surface area contributed by atoms with Crippen LogP contribution in [-0.2, 0) is 0 Å². The van der Waals surface area contributed by atoms with Crippen molar-refractivity contribution < 1.29 is 9.18 Å². The highest BCUT2D eigenvalue weighted by atomic mass is 35.5. The molecule has 21 heavy (non-hydrogen) atoms. The van der Waals surface area contributed by atoms with Crippen LogP contribution in [0.5, 0.6) is 0 Å². The van der Waals surface area contributed by atoms with E-state index in [-0.39, 0.29) is 21.2 Å². The van der Waals surface area contributed by atoms with E-state index >= 15 is 0 Å². The lowest BCUT2D eigenvalue weighted by Gasteiger charge is -2.02. The fraction of sp³-hybridized carbons (Fsp3) is 0. The largest absolute Gasteiger partial charge is 0.271 e. The first-order valence-electron chi connectivity index (χ1n) is 5.71. The van der Waals surface area contributed by atoms with Crippen LogP contribution in [0.4, 0.5) is 4.39 Å². The van der Waals surface area contributed by atoms with Crippen LogP contribution in [-0.4, -0.2) is 12.1 Å². The molecule has 0 unspecified atom stereocenters. The van der Waals surface area contributed by atoms with Crippen LogP contribution in [0.3, 0.4) is 0 Å². The zero-order valence-corrected chi connectivity index (χ0v) is 12.7. The van der Waals surface area contributed by atoms with Gasteiger partial charge in [-0.15, -0.1) is 0 Å². The average Bonchev–Trinajstić information content (AvgIpc) is 2.45. The Morgan fingerprint density at radius 1 is 1.10 bits per heavy atom. The smallest absolute Gasteiger partial charge is 0.267 e. The van der Waals surface area contributed by atoms with Crippen LogP contribution in [0.1, 0.15) is 15.9 Å². The number of amides is 1. The number of hydrogen-bond donors (Lipinski definition) is 1. The van der Waals surface area contributed by atoms with Crippen LogP contribution < -0.4 is 5.43 Å². The molecule has 0 spiro atoms. The maximum absolute atomic E-state index is 13.5. The van der Waals surface area contributed by atoms with Crippen LogP contribution in [0.2, 0.25) is 15.1 Å². The van der Waals surface area contributed by atoms with Crippen LogP contribution >= 0.6 is 34.8 Å². The van der Waals surface area contributed by atoms with E-state index in [1.54, 1.807) is 0 Å². The Bertz CT molecular complexity index is 699. The van der Waals surface area contributed by atoms with E-state index in [9.17, 15) is 9.18 Å². The Kier molecular flexibility index (Phi) is 5.17. The lowest BCUT2D eigenvalue weighted by molar-refractivity contribution is 0.0955. The summed E-state index contributed by atoms with van der Waals surface area (Å²) in [5, 5.41) is 4.46. The van der Waals surface area contributed by atoms with Crippen molar-refractivity contribution in [2.24, 2.45) is 5.10 Å². The van der Waals surface area contributed by atoms with Gasteiger partial charge in [-0.05, 0) is 30.3 Å². The third-order valence-electron chi connectivity index (χ3n) is 2.54. The first kappa shape index (κ1) is 15.8. The third kappa shape index (κ3) is 3.94. The van der Waals surface area contributed by atoms with E-state index in [1.165, 1.54) is 36.4 Å². The van der Waals surface area contributed by atoms with Gasteiger partial charge >= 0.3 is 0 Å². The van der Waals surface area contributed by atoms with Gasteiger partial charge in [-0.25, -0.2) is 9.82 Å². The van der Waals surface area contributed by atoms with Gasteiger partial charge in [-0.2, -0.15) is 5.10 Å². The van der Waals surface area contributed by atoms with Gasteiger partial charge in [0.05, 0.1) is 21.3 Å². The monoisotopic (exact) mass is 344 g/mol. The minimum absolute atomic E-state index is 0.0913. The molecule has 108 valence electrons. The molecule has 3 nitrogen and oxygen atoms in total. The van der Waals surface area contributed by atoms with Gasteiger partial charge < -0.3 is 0 Å². The molecule has 0 heterocycles. The number of benzene rings is 2. The summed E-state index contributed by atoms with van der Waals surface area (Å²) < 4.78 is 13.5. The zero-order chi connectivity index (χ0) is 15.4. The number of rotatable bonds is 3. The second kappa shape index (κ2) is 6.89. The minimum Gasteiger partial charge on any atom is -0.267 e. The zero-order valence-electron chi connectivity index (χ0n) is 10.4. The number of carbonyl (C=O) groups excluding carboxylic acids is 1. The Morgan fingerprint density at radius 2 is 1.86 bits per heavy atom. The van der Waals surface area contributed by atoms with Crippen molar-refractivity contribution in [1.29, 1.82) is 0 Å². The second-order valence-electron chi connectivity index (χ2n) is 3.96. The summed E-state index contributed by atoms with van der Waals surface area (Å²) in [7, 11) is 0. The average molecular weight is 346 g/mol.